The lowest BCUT2D eigenvalue weighted by Crippen LogP contribution is -1.94. The van der Waals surface area contributed by atoms with Gasteiger partial charge in [-0.25, -0.2) is 4.98 Å². The molecule has 2 aromatic rings. The van der Waals surface area contributed by atoms with Crippen molar-refractivity contribution in [1.82, 2.24) is 4.98 Å². The number of benzene rings is 1. The molecule has 0 aliphatic rings. The number of nitrogen functional groups attached to an aromatic ring is 1. The Bertz CT molecular complexity index is 540. The molecule has 3 N–H and O–H groups in total. The standard InChI is InChI=1S/C11H8Cl3N3/c12-7-3-9(14)10(4-8(7)13)17-6-1-2-11(15)16-5-6/h1-5,17H,(H2,15,16). The molecule has 1 aromatic carbocycles. The molecule has 0 spiro atoms. The lowest BCUT2D eigenvalue weighted by molar-refractivity contribution is 1.33. The molecule has 3 nitrogen and oxygen atoms in total. The molecule has 0 unspecified atom stereocenters. The first-order valence-electron chi connectivity index (χ1n) is 4.69. The van der Waals surface area contributed by atoms with Gasteiger partial charge in [0, 0.05) is 0 Å². The van der Waals surface area contributed by atoms with Crippen LogP contribution in [-0.4, -0.2) is 4.98 Å². The van der Waals surface area contributed by atoms with Gasteiger partial charge >= 0.3 is 0 Å². The second-order valence-electron chi connectivity index (χ2n) is 3.34. The molecule has 0 aliphatic carbocycles. The van der Waals surface area contributed by atoms with E-state index >= 15 is 0 Å². The molecule has 0 aliphatic heterocycles. The molecule has 0 bridgehead atoms. The van der Waals surface area contributed by atoms with Crippen LogP contribution in [0.2, 0.25) is 15.1 Å². The highest BCUT2D eigenvalue weighted by Gasteiger charge is 2.06. The first-order valence-corrected chi connectivity index (χ1v) is 5.83. The van der Waals surface area contributed by atoms with Crippen molar-refractivity contribution >= 4 is 52.0 Å². The van der Waals surface area contributed by atoms with Crippen molar-refractivity contribution in [2.24, 2.45) is 0 Å². The fraction of sp³-hybridized carbons (Fsp3) is 0. The van der Waals surface area contributed by atoms with Crippen LogP contribution >= 0.6 is 34.8 Å². The number of hydrogen-bond acceptors (Lipinski definition) is 3. The average Bonchev–Trinajstić information content (AvgIpc) is 2.29. The summed E-state index contributed by atoms with van der Waals surface area (Å²) in [6.07, 6.45) is 1.61. The summed E-state index contributed by atoms with van der Waals surface area (Å²) >= 11 is 17.8. The first-order chi connectivity index (χ1) is 8.06. The van der Waals surface area contributed by atoms with Crippen molar-refractivity contribution in [2.75, 3.05) is 11.1 Å². The van der Waals surface area contributed by atoms with Gasteiger partial charge in [-0.2, -0.15) is 0 Å². The molecule has 0 saturated carbocycles. The van der Waals surface area contributed by atoms with Crippen molar-refractivity contribution in [3.8, 4) is 0 Å². The van der Waals surface area contributed by atoms with E-state index in [1.807, 2.05) is 0 Å². The van der Waals surface area contributed by atoms with E-state index in [1.165, 1.54) is 0 Å². The van der Waals surface area contributed by atoms with Crippen molar-refractivity contribution in [3.63, 3.8) is 0 Å². The van der Waals surface area contributed by atoms with Crippen LogP contribution in [0.3, 0.4) is 0 Å². The number of nitrogens with zero attached hydrogens (tertiary/aromatic N) is 1. The van der Waals surface area contributed by atoms with Crippen molar-refractivity contribution in [2.45, 2.75) is 0 Å². The minimum Gasteiger partial charge on any atom is -0.384 e. The highest BCUT2D eigenvalue weighted by atomic mass is 35.5. The maximum Gasteiger partial charge on any atom is 0.123 e. The fourth-order valence-corrected chi connectivity index (χ4v) is 1.85. The van der Waals surface area contributed by atoms with E-state index in [4.69, 9.17) is 40.5 Å². The Balaban J connectivity index is 2.30. The Labute approximate surface area is 114 Å². The van der Waals surface area contributed by atoms with Crippen LogP contribution in [0.1, 0.15) is 0 Å². The van der Waals surface area contributed by atoms with E-state index in [-0.39, 0.29) is 0 Å². The lowest BCUT2D eigenvalue weighted by Gasteiger charge is -2.09. The molecule has 17 heavy (non-hydrogen) atoms. The van der Waals surface area contributed by atoms with Crippen LogP contribution in [0.4, 0.5) is 17.2 Å². The van der Waals surface area contributed by atoms with Crippen molar-refractivity contribution in [3.05, 3.63) is 45.5 Å². The van der Waals surface area contributed by atoms with Gasteiger partial charge in [-0.3, -0.25) is 0 Å². The largest absolute Gasteiger partial charge is 0.384 e. The van der Waals surface area contributed by atoms with Gasteiger partial charge in [0.1, 0.15) is 5.82 Å². The Kier molecular flexibility index (Phi) is 3.62. The molecule has 1 aromatic heterocycles. The second-order valence-corrected chi connectivity index (χ2v) is 4.56. The van der Waals surface area contributed by atoms with E-state index in [2.05, 4.69) is 10.3 Å². The molecule has 1 heterocycles. The number of nitrogens with one attached hydrogen (secondary N) is 1. The number of nitrogens with two attached hydrogens (primary N) is 1. The van der Waals surface area contributed by atoms with Gasteiger partial charge in [0.25, 0.3) is 0 Å². The van der Waals surface area contributed by atoms with Crippen molar-refractivity contribution < 1.29 is 0 Å². The lowest BCUT2D eigenvalue weighted by atomic mass is 10.3. The minimum absolute atomic E-state index is 0.414. The summed E-state index contributed by atoms with van der Waals surface area (Å²) in [5, 5.41) is 4.40. The maximum absolute atomic E-state index is 6.03. The van der Waals surface area contributed by atoms with E-state index < -0.39 is 0 Å². The third-order valence-electron chi connectivity index (χ3n) is 2.08. The van der Waals surface area contributed by atoms with Crippen LogP contribution in [0.25, 0.3) is 0 Å². The summed E-state index contributed by atoms with van der Waals surface area (Å²) in [5.41, 5.74) is 6.91. The predicted octanol–water partition coefficient (Wildman–Crippen LogP) is 4.37. The van der Waals surface area contributed by atoms with Crippen LogP contribution in [0.15, 0.2) is 30.5 Å². The van der Waals surface area contributed by atoms with E-state index in [0.717, 1.165) is 5.69 Å². The maximum atomic E-state index is 6.03. The Morgan fingerprint density at radius 2 is 1.71 bits per heavy atom. The molecule has 0 radical (unpaired) electrons. The number of anilines is 3. The Hall–Kier alpha value is -1.16. The average molecular weight is 289 g/mol. The number of aromatic nitrogens is 1. The summed E-state index contributed by atoms with van der Waals surface area (Å²) in [4.78, 5) is 3.96. The van der Waals surface area contributed by atoms with Crippen LogP contribution in [-0.2, 0) is 0 Å². The monoisotopic (exact) mass is 287 g/mol. The number of halogens is 3. The summed E-state index contributed by atoms with van der Waals surface area (Å²) in [6, 6.07) is 6.72. The van der Waals surface area contributed by atoms with Crippen LogP contribution < -0.4 is 11.1 Å². The number of pyridine rings is 1. The van der Waals surface area contributed by atoms with Gasteiger partial charge in [-0.1, -0.05) is 34.8 Å². The molecular formula is C11H8Cl3N3. The smallest absolute Gasteiger partial charge is 0.123 e. The molecule has 0 saturated heterocycles. The zero-order valence-electron chi connectivity index (χ0n) is 8.55. The zero-order valence-corrected chi connectivity index (χ0v) is 10.8. The van der Waals surface area contributed by atoms with Gasteiger partial charge in [-0.15, -0.1) is 0 Å². The highest BCUT2D eigenvalue weighted by molar-refractivity contribution is 6.44. The summed E-state index contributed by atoms with van der Waals surface area (Å²) in [5.74, 6) is 0.454. The molecule has 0 fully saturated rings. The SMILES string of the molecule is Nc1ccc(Nc2cc(Cl)c(Cl)cc2Cl)cn1. The highest BCUT2D eigenvalue weighted by Crippen LogP contribution is 2.33. The fourth-order valence-electron chi connectivity index (χ4n) is 1.25. The zero-order chi connectivity index (χ0) is 12.4. The molecular weight excluding hydrogens is 281 g/mol. The normalized spacial score (nSPS) is 10.3. The van der Waals surface area contributed by atoms with Crippen LogP contribution in [0, 0.1) is 0 Å². The predicted molar refractivity (Wildman–Crippen MR) is 73.4 cm³/mol. The Morgan fingerprint density at radius 3 is 2.35 bits per heavy atom. The third kappa shape index (κ3) is 2.94. The van der Waals surface area contributed by atoms with Gasteiger partial charge in [0.2, 0.25) is 0 Å². The Morgan fingerprint density at radius 1 is 1.00 bits per heavy atom. The first kappa shape index (κ1) is 12.3. The second kappa shape index (κ2) is 5.00. The van der Waals surface area contributed by atoms with E-state index in [1.54, 1.807) is 30.5 Å². The van der Waals surface area contributed by atoms with Gasteiger partial charge in [0.15, 0.2) is 0 Å². The number of hydrogen-bond donors (Lipinski definition) is 2. The summed E-state index contributed by atoms with van der Waals surface area (Å²) < 4.78 is 0. The summed E-state index contributed by atoms with van der Waals surface area (Å²) in [7, 11) is 0. The van der Waals surface area contributed by atoms with E-state index in [0.29, 0.717) is 26.6 Å². The van der Waals surface area contributed by atoms with Gasteiger partial charge in [0.05, 0.1) is 32.6 Å². The van der Waals surface area contributed by atoms with Crippen molar-refractivity contribution in [1.29, 1.82) is 0 Å². The van der Waals surface area contributed by atoms with Crippen LogP contribution in [0.5, 0.6) is 0 Å². The minimum atomic E-state index is 0.414. The summed E-state index contributed by atoms with van der Waals surface area (Å²) in [6.45, 7) is 0. The van der Waals surface area contributed by atoms with E-state index in [9.17, 15) is 0 Å². The molecule has 6 heteroatoms. The molecule has 0 atom stereocenters. The van der Waals surface area contributed by atoms with Gasteiger partial charge in [-0.05, 0) is 24.3 Å². The molecule has 88 valence electrons. The van der Waals surface area contributed by atoms with Gasteiger partial charge < -0.3 is 11.1 Å². The third-order valence-corrected chi connectivity index (χ3v) is 3.11. The molecule has 0 amide bonds. The molecule has 2 rings (SSSR count). The topological polar surface area (TPSA) is 50.9 Å². The quantitative estimate of drug-likeness (QED) is 0.807. The number of rotatable bonds is 2.